The van der Waals surface area contributed by atoms with Crippen LogP contribution in [0.2, 0.25) is 0 Å². The maximum atomic E-state index is 13.3. The number of unbranched alkanes of at least 4 members (excludes halogenated alkanes) is 2. The molecule has 4 unspecified atom stereocenters. The lowest BCUT2D eigenvalue weighted by Gasteiger charge is -2.26. The summed E-state index contributed by atoms with van der Waals surface area (Å²) in [6, 6.07) is 3.53. The van der Waals surface area contributed by atoms with Gasteiger partial charge in [0.25, 0.3) is 0 Å². The van der Waals surface area contributed by atoms with Gasteiger partial charge >= 0.3 is 5.97 Å². The Morgan fingerprint density at radius 1 is 0.825 bits per heavy atom. The van der Waals surface area contributed by atoms with Crippen molar-refractivity contribution in [1.29, 1.82) is 0 Å². The summed E-state index contributed by atoms with van der Waals surface area (Å²) in [7, 11) is 0. The number of amides is 3. The molecule has 0 aliphatic heterocycles. The quantitative estimate of drug-likeness (QED) is 0.120. The van der Waals surface area contributed by atoms with Crippen LogP contribution in [-0.4, -0.2) is 71.0 Å². The van der Waals surface area contributed by atoms with E-state index in [2.05, 4.69) is 20.9 Å². The molecule has 222 valence electrons. The first-order chi connectivity index (χ1) is 19.1. The van der Waals surface area contributed by atoms with Gasteiger partial charge in [0.2, 0.25) is 17.7 Å². The van der Waals surface area contributed by atoms with Gasteiger partial charge in [0.15, 0.2) is 0 Å². The number of nitrogens with one attached hydrogen (secondary N) is 4. The molecule has 12 nitrogen and oxygen atoms in total. The van der Waals surface area contributed by atoms with Crippen LogP contribution in [0.1, 0.15) is 57.9 Å². The van der Waals surface area contributed by atoms with Crippen LogP contribution in [0.5, 0.6) is 0 Å². The van der Waals surface area contributed by atoms with Crippen molar-refractivity contribution in [3.8, 4) is 0 Å². The number of carbonyl (C=O) groups excluding carboxylic acids is 3. The van der Waals surface area contributed by atoms with Gasteiger partial charge < -0.3 is 43.2 Å². The lowest BCUT2D eigenvalue weighted by atomic mass is 10.0. The van der Waals surface area contributed by atoms with Gasteiger partial charge in [0.05, 0.1) is 6.04 Å². The molecular formula is C28H45N7O5. The summed E-state index contributed by atoms with van der Waals surface area (Å²) < 4.78 is 0. The van der Waals surface area contributed by atoms with Crippen LogP contribution in [0.3, 0.4) is 0 Å². The molecule has 0 bridgehead atoms. The van der Waals surface area contributed by atoms with E-state index in [0.29, 0.717) is 45.2 Å². The zero-order valence-electron chi connectivity index (χ0n) is 23.4. The Morgan fingerprint density at radius 3 is 1.88 bits per heavy atom. The molecule has 3 amide bonds. The highest BCUT2D eigenvalue weighted by molar-refractivity contribution is 5.94. The number of aliphatic carboxylic acids is 1. The molecule has 4 atom stereocenters. The maximum Gasteiger partial charge on any atom is 0.326 e. The summed E-state index contributed by atoms with van der Waals surface area (Å²) in [4.78, 5) is 54.5. The maximum absolute atomic E-state index is 13.3. The number of aromatic nitrogens is 1. The number of hydrogen-bond acceptors (Lipinski definition) is 7. The number of carboxylic acid groups (broad SMARTS) is 1. The van der Waals surface area contributed by atoms with Gasteiger partial charge in [-0.3, -0.25) is 14.4 Å². The van der Waals surface area contributed by atoms with Gasteiger partial charge in [0, 0.05) is 23.5 Å². The van der Waals surface area contributed by atoms with Crippen molar-refractivity contribution in [3.63, 3.8) is 0 Å². The second-order valence-corrected chi connectivity index (χ2v) is 10.4. The highest BCUT2D eigenvalue weighted by Gasteiger charge is 2.30. The van der Waals surface area contributed by atoms with E-state index in [4.69, 9.17) is 17.2 Å². The largest absolute Gasteiger partial charge is 0.480 e. The van der Waals surface area contributed by atoms with E-state index in [1.165, 1.54) is 0 Å². The van der Waals surface area contributed by atoms with Crippen molar-refractivity contribution in [2.24, 2.45) is 23.1 Å². The fraction of sp³-hybridized carbons (Fsp3) is 0.571. The van der Waals surface area contributed by atoms with Crippen LogP contribution < -0.4 is 33.2 Å². The van der Waals surface area contributed by atoms with Crippen molar-refractivity contribution in [2.75, 3.05) is 13.1 Å². The Balaban J connectivity index is 2.18. The number of rotatable bonds is 18. The third kappa shape index (κ3) is 9.92. The fourth-order valence-electron chi connectivity index (χ4n) is 4.36. The summed E-state index contributed by atoms with van der Waals surface area (Å²) >= 11 is 0. The van der Waals surface area contributed by atoms with E-state index in [1.807, 2.05) is 24.3 Å². The predicted molar refractivity (Wildman–Crippen MR) is 154 cm³/mol. The number of nitrogens with two attached hydrogens (primary N) is 3. The molecule has 0 aliphatic rings. The smallest absolute Gasteiger partial charge is 0.326 e. The summed E-state index contributed by atoms with van der Waals surface area (Å²) in [6.45, 7) is 4.46. The zero-order valence-corrected chi connectivity index (χ0v) is 23.4. The molecule has 2 aromatic rings. The number of hydrogen-bond donors (Lipinski definition) is 8. The first-order valence-electron chi connectivity index (χ1n) is 13.9. The Bertz CT molecular complexity index is 1120. The lowest BCUT2D eigenvalue weighted by Crippen LogP contribution is -2.57. The molecular weight excluding hydrogens is 514 g/mol. The molecule has 12 heteroatoms. The Kier molecular flexibility index (Phi) is 13.6. The van der Waals surface area contributed by atoms with Gasteiger partial charge in [-0.15, -0.1) is 0 Å². The summed E-state index contributed by atoms with van der Waals surface area (Å²) in [5, 5.41) is 18.8. The number of aromatic amines is 1. The number of carboxylic acids is 1. The molecule has 1 aromatic heterocycles. The molecule has 40 heavy (non-hydrogen) atoms. The van der Waals surface area contributed by atoms with E-state index in [1.54, 1.807) is 20.0 Å². The lowest BCUT2D eigenvalue weighted by molar-refractivity contribution is -0.142. The van der Waals surface area contributed by atoms with Gasteiger partial charge in [-0.1, -0.05) is 32.0 Å². The minimum Gasteiger partial charge on any atom is -0.480 e. The topological polar surface area (TPSA) is 218 Å². The van der Waals surface area contributed by atoms with E-state index < -0.39 is 47.9 Å². The van der Waals surface area contributed by atoms with Gasteiger partial charge in [-0.2, -0.15) is 0 Å². The monoisotopic (exact) mass is 559 g/mol. The number of para-hydroxylation sites is 1. The number of H-pyrrole nitrogens is 1. The number of fused-ring (bicyclic) bond motifs is 1. The first kappa shape index (κ1) is 32.7. The van der Waals surface area contributed by atoms with E-state index in [0.717, 1.165) is 16.5 Å². The van der Waals surface area contributed by atoms with E-state index in [-0.39, 0.29) is 18.8 Å². The molecule has 0 aliphatic carbocycles. The fourth-order valence-corrected chi connectivity index (χ4v) is 4.36. The summed E-state index contributed by atoms with van der Waals surface area (Å²) in [5.41, 5.74) is 18.8. The van der Waals surface area contributed by atoms with E-state index >= 15 is 0 Å². The second kappa shape index (κ2) is 16.6. The van der Waals surface area contributed by atoms with Gasteiger partial charge in [0.1, 0.15) is 18.1 Å². The molecule has 0 spiro atoms. The minimum absolute atomic E-state index is 0.0550. The van der Waals surface area contributed by atoms with Crippen LogP contribution in [0.15, 0.2) is 30.5 Å². The van der Waals surface area contributed by atoms with Crippen LogP contribution in [0.25, 0.3) is 10.9 Å². The van der Waals surface area contributed by atoms with Crippen molar-refractivity contribution in [1.82, 2.24) is 20.9 Å². The highest BCUT2D eigenvalue weighted by Crippen LogP contribution is 2.19. The molecule has 1 heterocycles. The Labute approximate surface area is 235 Å². The van der Waals surface area contributed by atoms with Crippen molar-refractivity contribution in [2.45, 2.75) is 83.0 Å². The van der Waals surface area contributed by atoms with Crippen LogP contribution in [0, 0.1) is 5.92 Å². The van der Waals surface area contributed by atoms with Crippen LogP contribution in [-0.2, 0) is 25.6 Å². The molecule has 2 rings (SSSR count). The van der Waals surface area contributed by atoms with Crippen LogP contribution >= 0.6 is 0 Å². The number of carbonyl (C=O) groups is 4. The van der Waals surface area contributed by atoms with E-state index in [9.17, 15) is 24.3 Å². The standard InChI is InChI=1S/C28H45N7O5/c1-17(2)24(31)27(38)34-22(12-6-8-14-30)25(36)33-21(11-5-7-13-29)26(37)35-23(28(39)40)15-18-16-32-20-10-4-3-9-19(18)20/h3-4,9-10,16-17,21-24,32H,5-8,11-15,29-31H2,1-2H3,(H,33,36)(H,34,38)(H,35,37)(H,39,40). The normalized spacial score (nSPS) is 14.3. The minimum atomic E-state index is -1.22. The molecule has 0 fully saturated rings. The number of benzene rings is 1. The highest BCUT2D eigenvalue weighted by atomic mass is 16.4. The average molecular weight is 560 g/mol. The van der Waals surface area contributed by atoms with Gasteiger partial charge in [-0.05, 0) is 69.2 Å². The van der Waals surface area contributed by atoms with Crippen LogP contribution in [0.4, 0.5) is 0 Å². The Hall–Kier alpha value is -3.48. The summed E-state index contributed by atoms with van der Waals surface area (Å²) in [5.74, 6) is -2.95. The molecule has 0 saturated heterocycles. The molecule has 0 saturated carbocycles. The van der Waals surface area contributed by atoms with Crippen molar-refractivity contribution < 1.29 is 24.3 Å². The summed E-state index contributed by atoms with van der Waals surface area (Å²) in [6.07, 6.45) is 4.75. The predicted octanol–water partition coefficient (Wildman–Crippen LogP) is 0.491. The third-order valence-electron chi connectivity index (χ3n) is 6.89. The first-order valence-corrected chi connectivity index (χ1v) is 13.9. The molecule has 11 N–H and O–H groups in total. The zero-order chi connectivity index (χ0) is 29.7. The Morgan fingerprint density at radius 2 is 1.35 bits per heavy atom. The average Bonchev–Trinajstić information content (AvgIpc) is 3.33. The second-order valence-electron chi connectivity index (χ2n) is 10.4. The van der Waals surface area contributed by atoms with Gasteiger partial charge in [-0.25, -0.2) is 4.79 Å². The molecule has 1 aromatic carbocycles. The SMILES string of the molecule is CC(C)C(N)C(=O)NC(CCCCN)C(=O)NC(CCCCN)C(=O)NC(Cc1c[nH]c2ccccc12)C(=O)O. The van der Waals surface area contributed by atoms with Crippen molar-refractivity contribution >= 4 is 34.6 Å². The van der Waals surface area contributed by atoms with Crippen molar-refractivity contribution in [3.05, 3.63) is 36.0 Å². The third-order valence-corrected chi connectivity index (χ3v) is 6.89. The molecule has 0 radical (unpaired) electrons.